The Labute approximate surface area is 166 Å². The average molecular weight is 403 g/mol. The number of carbonyl (C=O) groups is 1. The Morgan fingerprint density at radius 3 is 2.59 bits per heavy atom. The standard InChI is InChI=1S/C19H19ClN4O2S/c1-9-10(2)27-19-16(9)17(12-4-6-13(20)7-5-12)21-14(8-15(25)26)18-23-22-11(3)24(18)19/h4-7,14,16,19H,8H2,1-3H3,(H,25,26). The van der Waals surface area contributed by atoms with Crippen LogP contribution < -0.4 is 0 Å². The van der Waals surface area contributed by atoms with Gasteiger partial charge in [0.25, 0.3) is 0 Å². The lowest BCUT2D eigenvalue weighted by molar-refractivity contribution is -0.137. The Balaban J connectivity index is 1.94. The number of carboxylic acids is 1. The maximum Gasteiger partial charge on any atom is 0.306 e. The summed E-state index contributed by atoms with van der Waals surface area (Å²) in [6.45, 7) is 6.14. The molecule has 4 rings (SSSR count). The van der Waals surface area contributed by atoms with Crippen LogP contribution in [0, 0.1) is 12.8 Å². The summed E-state index contributed by atoms with van der Waals surface area (Å²) >= 11 is 7.83. The highest BCUT2D eigenvalue weighted by Gasteiger charge is 2.42. The Morgan fingerprint density at radius 2 is 1.93 bits per heavy atom. The highest BCUT2D eigenvalue weighted by atomic mass is 35.5. The van der Waals surface area contributed by atoms with Crippen molar-refractivity contribution in [1.82, 2.24) is 14.8 Å². The summed E-state index contributed by atoms with van der Waals surface area (Å²) in [6.07, 6.45) is -0.124. The molecule has 0 radical (unpaired) electrons. The number of fused-ring (bicyclic) bond motifs is 3. The molecule has 0 aliphatic carbocycles. The smallest absolute Gasteiger partial charge is 0.306 e. The lowest BCUT2D eigenvalue weighted by atomic mass is 9.90. The molecule has 0 fully saturated rings. The van der Waals surface area contributed by atoms with Crippen LogP contribution >= 0.6 is 23.4 Å². The van der Waals surface area contributed by atoms with Gasteiger partial charge >= 0.3 is 5.97 Å². The van der Waals surface area contributed by atoms with Gasteiger partial charge in [0, 0.05) is 5.02 Å². The number of thioether (sulfide) groups is 1. The highest BCUT2D eigenvalue weighted by molar-refractivity contribution is 8.03. The SMILES string of the molecule is CC1=C(C)C2C(c3ccc(Cl)cc3)=NC(CC(=O)O)c3nnc(C)n3C2S1. The Hall–Kier alpha value is -2.12. The highest BCUT2D eigenvalue weighted by Crippen LogP contribution is 2.52. The first-order chi connectivity index (χ1) is 12.9. The molecule has 3 heterocycles. The molecular weight excluding hydrogens is 384 g/mol. The molecule has 2 aliphatic heterocycles. The Kier molecular flexibility index (Phi) is 4.60. The van der Waals surface area contributed by atoms with Crippen LogP contribution in [0.2, 0.25) is 5.02 Å². The molecule has 140 valence electrons. The van der Waals surface area contributed by atoms with Crippen molar-refractivity contribution in [2.45, 2.75) is 38.6 Å². The zero-order valence-electron chi connectivity index (χ0n) is 15.2. The molecular formula is C19H19ClN4O2S. The van der Waals surface area contributed by atoms with Crippen LogP contribution in [0.15, 0.2) is 39.7 Å². The molecule has 1 aromatic heterocycles. The first-order valence-electron chi connectivity index (χ1n) is 8.67. The second kappa shape index (κ2) is 6.80. The van der Waals surface area contributed by atoms with E-state index in [-0.39, 0.29) is 17.7 Å². The number of halogens is 1. The fraction of sp³-hybridized carbons (Fsp3) is 0.368. The predicted octanol–water partition coefficient (Wildman–Crippen LogP) is 4.41. The van der Waals surface area contributed by atoms with Crippen LogP contribution in [0.3, 0.4) is 0 Å². The van der Waals surface area contributed by atoms with Crippen LogP contribution in [0.1, 0.15) is 48.9 Å². The molecule has 3 unspecified atom stereocenters. The quantitative estimate of drug-likeness (QED) is 0.822. The van der Waals surface area contributed by atoms with Gasteiger partial charge in [-0.25, -0.2) is 0 Å². The maximum absolute atomic E-state index is 11.5. The summed E-state index contributed by atoms with van der Waals surface area (Å²) in [4.78, 5) is 17.7. The zero-order chi connectivity index (χ0) is 19.3. The van der Waals surface area contributed by atoms with E-state index in [9.17, 15) is 9.90 Å². The average Bonchev–Trinajstić information content (AvgIpc) is 3.08. The molecule has 0 spiro atoms. The van der Waals surface area contributed by atoms with Crippen molar-refractivity contribution in [2.24, 2.45) is 10.9 Å². The molecule has 0 amide bonds. The first-order valence-corrected chi connectivity index (χ1v) is 9.93. The van der Waals surface area contributed by atoms with Crippen molar-refractivity contribution in [3.05, 3.63) is 57.0 Å². The molecule has 0 saturated carbocycles. The number of aromatic nitrogens is 3. The third kappa shape index (κ3) is 3.08. The van der Waals surface area contributed by atoms with Crippen LogP contribution in [0.4, 0.5) is 0 Å². The topological polar surface area (TPSA) is 80.4 Å². The van der Waals surface area contributed by atoms with Gasteiger partial charge in [-0.3, -0.25) is 14.4 Å². The fourth-order valence-corrected chi connectivity index (χ4v) is 5.36. The number of hydrogen-bond acceptors (Lipinski definition) is 5. The number of aliphatic carboxylic acids is 1. The first kappa shape index (κ1) is 18.3. The molecule has 0 saturated heterocycles. The van der Waals surface area contributed by atoms with Crippen molar-refractivity contribution in [3.63, 3.8) is 0 Å². The molecule has 1 N–H and O–H groups in total. The van der Waals surface area contributed by atoms with Gasteiger partial charge in [-0.15, -0.1) is 22.0 Å². The van der Waals surface area contributed by atoms with Crippen molar-refractivity contribution in [3.8, 4) is 0 Å². The van der Waals surface area contributed by atoms with Crippen LogP contribution in [-0.4, -0.2) is 31.6 Å². The Morgan fingerprint density at radius 1 is 1.22 bits per heavy atom. The second-order valence-corrected chi connectivity index (χ2v) is 8.60. The van der Waals surface area contributed by atoms with Gasteiger partial charge in [0.2, 0.25) is 0 Å². The molecule has 1 aromatic carbocycles. The van der Waals surface area contributed by atoms with Crippen molar-refractivity contribution >= 4 is 35.0 Å². The van der Waals surface area contributed by atoms with Gasteiger partial charge in [0.1, 0.15) is 11.9 Å². The van der Waals surface area contributed by atoms with E-state index < -0.39 is 12.0 Å². The predicted molar refractivity (Wildman–Crippen MR) is 106 cm³/mol. The number of aryl methyl sites for hydroxylation is 1. The minimum atomic E-state index is -0.908. The van der Waals surface area contributed by atoms with Gasteiger partial charge < -0.3 is 5.11 Å². The second-order valence-electron chi connectivity index (χ2n) is 6.84. The number of aliphatic imine (C=N–C) groups is 1. The number of nitrogens with zero attached hydrogens (tertiary/aromatic N) is 4. The third-order valence-corrected chi connectivity index (χ3v) is 6.80. The summed E-state index contributed by atoms with van der Waals surface area (Å²) < 4.78 is 2.06. The number of carboxylic acid groups (broad SMARTS) is 1. The zero-order valence-corrected chi connectivity index (χ0v) is 16.8. The van der Waals surface area contributed by atoms with Crippen LogP contribution in [-0.2, 0) is 4.79 Å². The number of hydrogen-bond donors (Lipinski definition) is 1. The van der Waals surface area contributed by atoms with Crippen LogP contribution in [0.25, 0.3) is 0 Å². The van der Waals surface area contributed by atoms with Crippen molar-refractivity contribution in [1.29, 1.82) is 0 Å². The summed E-state index contributed by atoms with van der Waals surface area (Å²) in [5, 5.41) is 18.6. The summed E-state index contributed by atoms with van der Waals surface area (Å²) in [5.41, 5.74) is 3.08. The third-order valence-electron chi connectivity index (χ3n) is 5.15. The van der Waals surface area contributed by atoms with E-state index in [1.54, 1.807) is 11.8 Å². The molecule has 6 nitrogen and oxygen atoms in total. The van der Waals surface area contributed by atoms with Gasteiger partial charge in [-0.1, -0.05) is 29.3 Å². The molecule has 8 heteroatoms. The van der Waals surface area contributed by atoms with E-state index in [0.717, 1.165) is 17.1 Å². The summed E-state index contributed by atoms with van der Waals surface area (Å²) in [7, 11) is 0. The van der Waals surface area contributed by atoms with Gasteiger partial charge in [-0.05, 0) is 43.4 Å². The normalized spacial score (nSPS) is 24.3. The minimum Gasteiger partial charge on any atom is -0.481 e. The summed E-state index contributed by atoms with van der Waals surface area (Å²) in [6, 6.07) is 6.99. The van der Waals surface area contributed by atoms with E-state index in [1.165, 1.54) is 10.5 Å². The number of rotatable bonds is 3. The van der Waals surface area contributed by atoms with Gasteiger partial charge in [0.05, 0.1) is 23.4 Å². The molecule has 2 aliphatic rings. The van der Waals surface area contributed by atoms with Crippen molar-refractivity contribution < 1.29 is 9.90 Å². The maximum atomic E-state index is 11.5. The van der Waals surface area contributed by atoms with E-state index in [1.807, 2.05) is 31.2 Å². The van der Waals surface area contributed by atoms with Crippen LogP contribution in [0.5, 0.6) is 0 Å². The van der Waals surface area contributed by atoms with Gasteiger partial charge in [-0.2, -0.15) is 0 Å². The van der Waals surface area contributed by atoms with Crippen molar-refractivity contribution in [2.75, 3.05) is 0 Å². The summed E-state index contributed by atoms with van der Waals surface area (Å²) in [5.74, 6) is 0.514. The van der Waals surface area contributed by atoms with E-state index in [4.69, 9.17) is 16.6 Å². The van der Waals surface area contributed by atoms with E-state index >= 15 is 0 Å². The van der Waals surface area contributed by atoms with Gasteiger partial charge in [0.15, 0.2) is 5.82 Å². The fourth-order valence-electron chi connectivity index (χ4n) is 3.73. The Bertz CT molecular complexity index is 980. The number of benzene rings is 1. The lowest BCUT2D eigenvalue weighted by Crippen LogP contribution is -2.23. The number of allylic oxidation sites excluding steroid dienone is 2. The lowest BCUT2D eigenvalue weighted by Gasteiger charge is -2.23. The largest absolute Gasteiger partial charge is 0.481 e. The van der Waals surface area contributed by atoms with E-state index in [0.29, 0.717) is 10.8 Å². The molecule has 0 bridgehead atoms. The monoisotopic (exact) mass is 402 g/mol. The molecule has 3 atom stereocenters. The van der Waals surface area contributed by atoms with E-state index in [2.05, 4.69) is 28.6 Å². The molecule has 27 heavy (non-hydrogen) atoms. The molecule has 2 aromatic rings. The minimum absolute atomic E-state index is 0.0308.